The van der Waals surface area contributed by atoms with Crippen molar-refractivity contribution >= 4 is 17.1 Å². The maximum Gasteiger partial charge on any atom is 0.419 e. The average Bonchev–Trinajstić information content (AvgIpc) is 2.89. The number of likely N-dealkylation sites (tertiary alicyclic amines) is 1. The topological polar surface area (TPSA) is 27.7 Å². The van der Waals surface area contributed by atoms with Gasteiger partial charge in [-0.05, 0) is 42.8 Å². The highest BCUT2D eigenvalue weighted by molar-refractivity contribution is 5.74. The number of fused-ring (bicyclic) bond motifs is 3. The highest BCUT2D eigenvalue weighted by atomic mass is 19.4. The van der Waals surface area contributed by atoms with Gasteiger partial charge in [-0.15, -0.1) is 0 Å². The molecular formula is C23H25F4N3O. The summed E-state index contributed by atoms with van der Waals surface area (Å²) in [7, 11) is 0. The normalized spacial score (nSPS) is 23.3. The molecule has 31 heavy (non-hydrogen) atoms. The maximum atomic E-state index is 14.6. The zero-order valence-corrected chi connectivity index (χ0v) is 17.3. The number of piperidine rings is 1. The van der Waals surface area contributed by atoms with Crippen molar-refractivity contribution < 1.29 is 22.3 Å². The van der Waals surface area contributed by atoms with E-state index in [1.807, 2.05) is 12.1 Å². The molecule has 0 aromatic heterocycles. The van der Waals surface area contributed by atoms with Gasteiger partial charge in [0.1, 0.15) is 0 Å². The lowest BCUT2D eigenvalue weighted by Crippen LogP contribution is -2.46. The van der Waals surface area contributed by atoms with Gasteiger partial charge in [0.15, 0.2) is 5.82 Å². The molecule has 3 heterocycles. The van der Waals surface area contributed by atoms with Gasteiger partial charge in [-0.1, -0.05) is 13.0 Å². The van der Waals surface area contributed by atoms with Gasteiger partial charge >= 0.3 is 6.18 Å². The van der Waals surface area contributed by atoms with E-state index in [-0.39, 0.29) is 5.69 Å². The first-order valence-electron chi connectivity index (χ1n) is 10.7. The van der Waals surface area contributed by atoms with E-state index >= 15 is 0 Å². The number of hydrogen-bond donors (Lipinski definition) is 1. The van der Waals surface area contributed by atoms with Crippen LogP contribution < -0.4 is 10.2 Å². The zero-order chi connectivity index (χ0) is 21.8. The maximum absolute atomic E-state index is 14.6. The minimum Gasteiger partial charge on any atom is -0.375 e. The summed E-state index contributed by atoms with van der Waals surface area (Å²) in [6, 6.07) is 7.58. The van der Waals surface area contributed by atoms with Crippen molar-refractivity contribution in [1.82, 2.24) is 4.90 Å². The van der Waals surface area contributed by atoms with Crippen LogP contribution in [0, 0.1) is 5.82 Å². The Kier molecular flexibility index (Phi) is 5.09. The number of ether oxygens (including phenoxy) is 1. The molecule has 0 radical (unpaired) electrons. The lowest BCUT2D eigenvalue weighted by molar-refractivity contribution is -0.139. The van der Waals surface area contributed by atoms with Crippen molar-refractivity contribution in [2.24, 2.45) is 0 Å². The van der Waals surface area contributed by atoms with E-state index in [4.69, 9.17) is 4.74 Å². The van der Waals surface area contributed by atoms with Crippen LogP contribution >= 0.6 is 0 Å². The second kappa shape index (κ2) is 7.67. The Labute approximate surface area is 178 Å². The molecule has 2 atom stereocenters. The fraction of sp³-hybridized carbons (Fsp3) is 0.478. The lowest BCUT2D eigenvalue weighted by atomic mass is 9.88. The summed E-state index contributed by atoms with van der Waals surface area (Å²) in [5, 5.41) is 2.91. The van der Waals surface area contributed by atoms with E-state index in [1.165, 1.54) is 23.4 Å². The molecule has 0 saturated carbocycles. The zero-order valence-electron chi connectivity index (χ0n) is 17.3. The third-order valence-corrected chi connectivity index (χ3v) is 6.73. The fourth-order valence-corrected chi connectivity index (χ4v) is 5.30. The number of likely N-dealkylation sites (N-methyl/N-ethyl adjacent to an activating group) is 1. The number of hydrogen-bond acceptors (Lipinski definition) is 4. The fourth-order valence-electron chi connectivity index (χ4n) is 5.30. The van der Waals surface area contributed by atoms with Crippen molar-refractivity contribution in [3.63, 3.8) is 0 Å². The first-order valence-corrected chi connectivity index (χ1v) is 10.7. The molecule has 166 valence electrons. The Morgan fingerprint density at radius 1 is 1.19 bits per heavy atom. The summed E-state index contributed by atoms with van der Waals surface area (Å²) in [6.07, 6.45) is -3.67. The molecular weight excluding hydrogens is 410 g/mol. The van der Waals surface area contributed by atoms with Crippen molar-refractivity contribution in [1.29, 1.82) is 0 Å². The molecule has 2 unspecified atom stereocenters. The number of halogens is 4. The van der Waals surface area contributed by atoms with E-state index < -0.39 is 17.6 Å². The average molecular weight is 435 g/mol. The molecule has 2 aromatic rings. The Balaban J connectivity index is 1.54. The largest absolute Gasteiger partial charge is 0.419 e. The second-order valence-electron chi connectivity index (χ2n) is 8.46. The van der Waals surface area contributed by atoms with Gasteiger partial charge in [-0.25, -0.2) is 4.39 Å². The van der Waals surface area contributed by atoms with Crippen LogP contribution in [0.5, 0.6) is 0 Å². The Morgan fingerprint density at radius 2 is 2.03 bits per heavy atom. The number of nitrogens with one attached hydrogen (secondary N) is 1. The molecule has 8 heteroatoms. The van der Waals surface area contributed by atoms with Crippen LogP contribution in [0.2, 0.25) is 0 Å². The predicted molar refractivity (Wildman–Crippen MR) is 111 cm³/mol. The van der Waals surface area contributed by atoms with Crippen LogP contribution in [0.4, 0.5) is 34.6 Å². The van der Waals surface area contributed by atoms with Gasteiger partial charge in [-0.2, -0.15) is 13.2 Å². The highest BCUT2D eigenvalue weighted by Crippen LogP contribution is 2.49. The van der Waals surface area contributed by atoms with E-state index in [2.05, 4.69) is 22.0 Å². The molecule has 1 N–H and O–H groups in total. The smallest absolute Gasteiger partial charge is 0.375 e. The van der Waals surface area contributed by atoms with Crippen molar-refractivity contribution in [3.05, 3.63) is 52.8 Å². The molecule has 1 fully saturated rings. The molecule has 3 aliphatic heterocycles. The standard InChI is InChI=1S/C23H25F4N3O/c1-2-29-7-6-20-17(12-29)16-11-15(10-14-13-31-9-8-30(20)22(14)16)28-19-5-3-4-18(21(19)24)23(25,26)27/h3-5,10-11,17,20,28H,2,6-9,12-13H2,1H3. The molecule has 0 bridgehead atoms. The second-order valence-corrected chi connectivity index (χ2v) is 8.46. The summed E-state index contributed by atoms with van der Waals surface area (Å²) in [6.45, 7) is 7.07. The summed E-state index contributed by atoms with van der Waals surface area (Å²) in [5.74, 6) is -0.958. The van der Waals surface area contributed by atoms with E-state index in [9.17, 15) is 17.6 Å². The predicted octanol–water partition coefficient (Wildman–Crippen LogP) is 5.12. The van der Waals surface area contributed by atoms with E-state index in [0.717, 1.165) is 44.2 Å². The van der Waals surface area contributed by atoms with Crippen LogP contribution in [0.3, 0.4) is 0 Å². The number of anilines is 3. The van der Waals surface area contributed by atoms with Crippen molar-refractivity contribution in [2.75, 3.05) is 43.0 Å². The minimum atomic E-state index is -4.74. The van der Waals surface area contributed by atoms with Crippen molar-refractivity contribution in [2.45, 2.75) is 38.1 Å². The van der Waals surface area contributed by atoms with Gasteiger partial charge in [-0.3, -0.25) is 0 Å². The summed E-state index contributed by atoms with van der Waals surface area (Å²) in [4.78, 5) is 4.88. The van der Waals surface area contributed by atoms with Crippen LogP contribution in [0.1, 0.15) is 36.0 Å². The molecule has 0 spiro atoms. The lowest BCUT2D eigenvalue weighted by Gasteiger charge is -2.38. The SMILES string of the molecule is CCN1CCC2C(C1)c1cc(Nc3cccc(C(F)(F)F)c3F)cc3c1N2CCOC3. The first-order chi connectivity index (χ1) is 14.9. The quantitative estimate of drug-likeness (QED) is 0.678. The third-order valence-electron chi connectivity index (χ3n) is 6.73. The summed E-state index contributed by atoms with van der Waals surface area (Å²) >= 11 is 0. The summed E-state index contributed by atoms with van der Waals surface area (Å²) < 4.78 is 59.8. The first kappa shape index (κ1) is 20.6. The molecule has 2 aromatic carbocycles. The van der Waals surface area contributed by atoms with Crippen LogP contribution in [-0.2, 0) is 17.5 Å². The number of benzene rings is 2. The molecule has 4 nitrogen and oxygen atoms in total. The van der Waals surface area contributed by atoms with Gasteiger partial charge < -0.3 is 19.9 Å². The molecule has 1 saturated heterocycles. The van der Waals surface area contributed by atoms with E-state index in [1.54, 1.807) is 0 Å². The van der Waals surface area contributed by atoms with Gasteiger partial charge in [0.25, 0.3) is 0 Å². The molecule has 5 rings (SSSR count). The monoisotopic (exact) mass is 435 g/mol. The van der Waals surface area contributed by atoms with Crippen LogP contribution in [-0.4, -0.2) is 43.7 Å². The highest BCUT2D eigenvalue weighted by Gasteiger charge is 2.43. The van der Waals surface area contributed by atoms with Crippen molar-refractivity contribution in [3.8, 4) is 0 Å². The number of alkyl halides is 3. The van der Waals surface area contributed by atoms with E-state index in [0.29, 0.717) is 30.9 Å². The minimum absolute atomic E-state index is 0.179. The Hall–Kier alpha value is -2.32. The number of nitrogens with zero attached hydrogens (tertiary/aromatic N) is 2. The van der Waals surface area contributed by atoms with Crippen LogP contribution in [0.25, 0.3) is 0 Å². The van der Waals surface area contributed by atoms with Crippen LogP contribution in [0.15, 0.2) is 30.3 Å². The van der Waals surface area contributed by atoms with Gasteiger partial charge in [0.05, 0.1) is 24.5 Å². The Bertz CT molecular complexity index is 994. The Morgan fingerprint density at radius 3 is 2.81 bits per heavy atom. The molecule has 0 amide bonds. The molecule has 0 aliphatic carbocycles. The number of rotatable bonds is 3. The third kappa shape index (κ3) is 3.55. The van der Waals surface area contributed by atoms with Gasteiger partial charge in [0, 0.05) is 48.5 Å². The molecule has 3 aliphatic rings. The van der Waals surface area contributed by atoms with Gasteiger partial charge in [0.2, 0.25) is 0 Å². The summed E-state index contributed by atoms with van der Waals surface area (Å²) in [5.41, 5.74) is 2.52.